The number of aromatic nitrogens is 1. The molecule has 0 fully saturated rings. The molecule has 0 saturated carbocycles. The molecular weight excluding hydrogens is 799 g/mol. The second kappa shape index (κ2) is 14.4. The third-order valence-corrected chi connectivity index (χ3v) is 14.0. The molecule has 0 radical (unpaired) electrons. The van der Waals surface area contributed by atoms with Gasteiger partial charge in [0.2, 0.25) is 0 Å². The summed E-state index contributed by atoms with van der Waals surface area (Å²) in [7, 11) is 0. The summed E-state index contributed by atoms with van der Waals surface area (Å²) in [5.41, 5.74) is 14.9. The number of furan rings is 1. The van der Waals surface area contributed by atoms with Crippen molar-refractivity contribution in [3.05, 3.63) is 237 Å². The molecule has 0 N–H and O–H groups in total. The molecular formula is C64H39NO. The Kier molecular flexibility index (Phi) is 8.02. The number of nitrogens with zero attached hydrogens (tertiary/aromatic N) is 1. The Bertz CT molecular complexity index is 4160. The smallest absolute Gasteiger partial charge is 0.143 e. The van der Waals surface area contributed by atoms with Crippen LogP contribution in [0.15, 0.2) is 241 Å². The van der Waals surface area contributed by atoms with Crippen molar-refractivity contribution in [1.29, 1.82) is 0 Å². The first-order valence-electron chi connectivity index (χ1n) is 22.8. The van der Waals surface area contributed by atoms with Gasteiger partial charge in [0.25, 0.3) is 0 Å². The maximum Gasteiger partial charge on any atom is 0.143 e. The molecule has 2 heteroatoms. The minimum atomic E-state index is 0.874. The van der Waals surface area contributed by atoms with Crippen molar-refractivity contribution in [2.45, 2.75) is 0 Å². The van der Waals surface area contributed by atoms with Crippen LogP contribution < -0.4 is 0 Å². The predicted molar refractivity (Wildman–Crippen MR) is 280 cm³/mol. The summed E-state index contributed by atoms with van der Waals surface area (Å²) < 4.78 is 9.61. The van der Waals surface area contributed by atoms with Crippen LogP contribution in [0.4, 0.5) is 0 Å². The lowest BCUT2D eigenvalue weighted by molar-refractivity contribution is 0.670. The standard InChI is InChI=1S/C64H39NO/c1-3-20-40(21-4-1)58-43-25-7-9-27-45(43)61(46-28-10-8-26-44(46)58)54-36-18-37-55-62-52(34-19-39-57(62)66-64(54)55)59-47-29-11-13-31-49(47)60(50-32-14-12-30-48(50)59)53-35-17-33-51-42-24-15-16-38-56(42)65(63(51)53)41-22-5-2-6-23-41/h1-39H. The first-order valence-corrected chi connectivity index (χ1v) is 22.8. The number of benzene rings is 12. The fraction of sp³-hybridized carbons (Fsp3) is 0. The third kappa shape index (κ3) is 5.24. The molecule has 0 bridgehead atoms. The molecule has 2 aromatic heterocycles. The molecule has 66 heavy (non-hydrogen) atoms. The summed E-state index contributed by atoms with van der Waals surface area (Å²) >= 11 is 0. The van der Waals surface area contributed by atoms with E-state index >= 15 is 0 Å². The van der Waals surface area contributed by atoms with Gasteiger partial charge in [0, 0.05) is 43.9 Å². The molecule has 0 atom stereocenters. The molecule has 12 aromatic carbocycles. The van der Waals surface area contributed by atoms with Crippen LogP contribution >= 0.6 is 0 Å². The molecule has 2 heterocycles. The molecule has 0 saturated heterocycles. The molecule has 2 nitrogen and oxygen atoms in total. The average molecular weight is 838 g/mol. The second-order valence-corrected chi connectivity index (χ2v) is 17.4. The van der Waals surface area contributed by atoms with E-state index < -0.39 is 0 Å². The molecule has 14 aromatic rings. The lowest BCUT2D eigenvalue weighted by atomic mass is 9.84. The lowest BCUT2D eigenvalue weighted by Crippen LogP contribution is -1.96. The van der Waals surface area contributed by atoms with Gasteiger partial charge in [0.1, 0.15) is 11.2 Å². The Balaban J connectivity index is 1.06. The summed E-state index contributed by atoms with van der Waals surface area (Å²) in [6.45, 7) is 0. The number of fused-ring (bicyclic) bond motifs is 10. The molecule has 14 rings (SSSR count). The topological polar surface area (TPSA) is 18.1 Å². The minimum Gasteiger partial charge on any atom is -0.455 e. The molecule has 0 aliphatic carbocycles. The van der Waals surface area contributed by atoms with Gasteiger partial charge >= 0.3 is 0 Å². The normalized spacial score (nSPS) is 11.9. The first kappa shape index (κ1) is 36.7. The van der Waals surface area contributed by atoms with Crippen molar-refractivity contribution < 1.29 is 4.42 Å². The highest BCUT2D eigenvalue weighted by molar-refractivity contribution is 6.29. The van der Waals surface area contributed by atoms with Crippen molar-refractivity contribution in [1.82, 2.24) is 4.57 Å². The quantitative estimate of drug-likeness (QED) is 0.158. The van der Waals surface area contributed by atoms with E-state index in [0.717, 1.165) is 38.8 Å². The van der Waals surface area contributed by atoms with Crippen LogP contribution in [0.25, 0.3) is 137 Å². The van der Waals surface area contributed by atoms with Gasteiger partial charge in [-0.15, -0.1) is 0 Å². The van der Waals surface area contributed by atoms with E-state index in [1.807, 2.05) is 0 Å². The highest BCUT2D eigenvalue weighted by atomic mass is 16.3. The Morgan fingerprint density at radius 3 is 1.27 bits per heavy atom. The monoisotopic (exact) mass is 837 g/mol. The molecule has 0 aliphatic heterocycles. The Morgan fingerprint density at radius 2 is 0.682 bits per heavy atom. The highest BCUT2D eigenvalue weighted by Gasteiger charge is 2.25. The van der Waals surface area contributed by atoms with Crippen LogP contribution in [-0.2, 0) is 0 Å². The van der Waals surface area contributed by atoms with Crippen LogP contribution in [0.2, 0.25) is 0 Å². The van der Waals surface area contributed by atoms with Gasteiger partial charge < -0.3 is 8.98 Å². The van der Waals surface area contributed by atoms with Crippen molar-refractivity contribution in [3.8, 4) is 50.2 Å². The Hall–Kier alpha value is -8.72. The molecule has 0 unspecified atom stereocenters. The number of rotatable bonds is 5. The van der Waals surface area contributed by atoms with Crippen LogP contribution in [0.5, 0.6) is 0 Å². The van der Waals surface area contributed by atoms with Crippen molar-refractivity contribution >= 4 is 86.8 Å². The molecule has 0 spiro atoms. The Morgan fingerprint density at radius 1 is 0.273 bits per heavy atom. The minimum absolute atomic E-state index is 0.874. The van der Waals surface area contributed by atoms with E-state index in [9.17, 15) is 0 Å². The number of hydrogen-bond donors (Lipinski definition) is 0. The van der Waals surface area contributed by atoms with E-state index in [4.69, 9.17) is 4.42 Å². The predicted octanol–water partition coefficient (Wildman–Crippen LogP) is 18.0. The summed E-state index contributed by atoms with van der Waals surface area (Å²) in [5.74, 6) is 0. The van der Waals surface area contributed by atoms with E-state index in [2.05, 4.69) is 241 Å². The zero-order valence-corrected chi connectivity index (χ0v) is 35.9. The largest absolute Gasteiger partial charge is 0.455 e. The average Bonchev–Trinajstić information content (AvgIpc) is 3.95. The molecule has 0 aliphatic rings. The van der Waals surface area contributed by atoms with Crippen LogP contribution in [-0.4, -0.2) is 4.57 Å². The number of hydrogen-bond acceptors (Lipinski definition) is 1. The SMILES string of the molecule is c1ccc(-c2c3ccccc3c(-c3cccc4c3oc3cccc(-c5c6ccccc6c(-c6cccc7c8ccccc8n(-c8ccccc8)c67)c6ccccc56)c34)c3ccccc23)cc1. The first-order chi connectivity index (χ1) is 32.8. The summed E-state index contributed by atoms with van der Waals surface area (Å²) in [5, 5.41) is 14.4. The zero-order chi connectivity index (χ0) is 43.3. The van der Waals surface area contributed by atoms with Crippen molar-refractivity contribution in [2.24, 2.45) is 0 Å². The zero-order valence-electron chi connectivity index (χ0n) is 35.9. The molecule has 0 amide bonds. The summed E-state index contributed by atoms with van der Waals surface area (Å²) in [4.78, 5) is 0. The maximum atomic E-state index is 7.16. The Labute approximate surface area is 380 Å². The van der Waals surface area contributed by atoms with E-state index in [1.165, 1.54) is 98.3 Å². The third-order valence-electron chi connectivity index (χ3n) is 14.0. The van der Waals surface area contributed by atoms with Crippen molar-refractivity contribution in [3.63, 3.8) is 0 Å². The van der Waals surface area contributed by atoms with Gasteiger partial charge in [-0.25, -0.2) is 0 Å². The van der Waals surface area contributed by atoms with Crippen molar-refractivity contribution in [2.75, 3.05) is 0 Å². The van der Waals surface area contributed by atoms with Crippen LogP contribution in [0, 0.1) is 0 Å². The van der Waals surface area contributed by atoms with Gasteiger partial charge in [-0.2, -0.15) is 0 Å². The summed E-state index contributed by atoms with van der Waals surface area (Å²) in [6, 6.07) is 86.3. The van der Waals surface area contributed by atoms with Crippen LogP contribution in [0.1, 0.15) is 0 Å². The van der Waals surface area contributed by atoms with Gasteiger partial charge in [0.05, 0.1) is 11.0 Å². The maximum absolute atomic E-state index is 7.16. The second-order valence-electron chi connectivity index (χ2n) is 17.4. The molecule has 306 valence electrons. The van der Waals surface area contributed by atoms with Gasteiger partial charge in [-0.1, -0.05) is 212 Å². The van der Waals surface area contributed by atoms with Gasteiger partial charge in [-0.05, 0) is 95.2 Å². The van der Waals surface area contributed by atoms with E-state index in [0.29, 0.717) is 0 Å². The van der Waals surface area contributed by atoms with E-state index in [1.54, 1.807) is 0 Å². The fourth-order valence-corrected chi connectivity index (χ4v) is 11.4. The summed E-state index contributed by atoms with van der Waals surface area (Å²) in [6.07, 6.45) is 0. The van der Waals surface area contributed by atoms with Gasteiger partial charge in [-0.3, -0.25) is 0 Å². The van der Waals surface area contributed by atoms with E-state index in [-0.39, 0.29) is 0 Å². The van der Waals surface area contributed by atoms with Crippen LogP contribution in [0.3, 0.4) is 0 Å². The van der Waals surface area contributed by atoms with Gasteiger partial charge in [0.15, 0.2) is 0 Å². The lowest BCUT2D eigenvalue weighted by Gasteiger charge is -2.19. The fourth-order valence-electron chi connectivity index (χ4n) is 11.4. The highest BCUT2D eigenvalue weighted by Crippen LogP contribution is 2.51. The number of para-hydroxylation sites is 4.